The first kappa shape index (κ1) is 26.4. The molecule has 3 aromatic carbocycles. The minimum atomic E-state index is -2.13. The fourth-order valence-electron chi connectivity index (χ4n) is 6.70. The Morgan fingerprint density at radius 2 is 1.42 bits per heavy atom. The Morgan fingerprint density at radius 1 is 0.833 bits per heavy atom. The Hall–Kier alpha value is -2.66. The summed E-state index contributed by atoms with van der Waals surface area (Å²) >= 11 is 0. The molecule has 4 rings (SSSR count). The molecule has 0 fully saturated rings. The smallest absolute Gasteiger partial charge is 0.258 e. The van der Waals surface area contributed by atoms with Gasteiger partial charge in [-0.25, -0.2) is 8.78 Å². The lowest BCUT2D eigenvalue weighted by Crippen LogP contribution is -2.50. The second-order valence-corrected chi connectivity index (χ2v) is 16.5. The monoisotopic (exact) mass is 508 g/mol. The maximum Gasteiger partial charge on any atom is 0.258 e. The molecule has 1 aliphatic carbocycles. The van der Waals surface area contributed by atoms with Crippen LogP contribution in [0.5, 0.6) is 11.5 Å². The van der Waals surface area contributed by atoms with Gasteiger partial charge in [-0.3, -0.25) is 0 Å². The lowest BCUT2D eigenvalue weighted by molar-refractivity contribution is 0.440. The predicted molar refractivity (Wildman–Crippen MR) is 145 cm³/mol. The fraction of sp³-hybridized carbons (Fsp3) is 0.419. The molecule has 0 aliphatic heterocycles. The zero-order valence-electron chi connectivity index (χ0n) is 22.2. The van der Waals surface area contributed by atoms with E-state index in [1.165, 1.54) is 0 Å². The Bertz CT molecular complexity index is 1160. The predicted octanol–water partition coefficient (Wildman–Crippen LogP) is 9.09. The van der Waals surface area contributed by atoms with Crippen LogP contribution in [-0.2, 0) is 6.42 Å². The number of halogens is 2. The van der Waals surface area contributed by atoms with Crippen molar-refractivity contribution in [1.29, 1.82) is 0 Å². The van der Waals surface area contributed by atoms with E-state index in [0.717, 1.165) is 47.4 Å². The highest BCUT2D eigenvalue weighted by atomic mass is 28.4. The van der Waals surface area contributed by atoms with Gasteiger partial charge >= 0.3 is 0 Å². The quantitative estimate of drug-likeness (QED) is 0.323. The molecule has 0 saturated heterocycles. The largest absolute Gasteiger partial charge is 0.543 e. The van der Waals surface area contributed by atoms with Gasteiger partial charge in [0, 0.05) is 23.6 Å². The minimum absolute atomic E-state index is 0.0199. The van der Waals surface area contributed by atoms with Crippen molar-refractivity contribution in [1.82, 2.24) is 0 Å². The van der Waals surface area contributed by atoms with E-state index < -0.39 is 31.6 Å². The highest BCUT2D eigenvalue weighted by molar-refractivity contribution is 6.78. The molecule has 2 nitrogen and oxygen atoms in total. The molecule has 5 heteroatoms. The van der Waals surface area contributed by atoms with E-state index in [2.05, 4.69) is 47.6 Å². The standard InChI is InChI=1S/C31H38F2O2Si/c1-19(2)36(20(3)4,21(5)6)35-25-13-15-27-23(16-25)12-14-26(22-10-8-7-9-11-22)30(27)31-28(32)17-24(34)18-29(31)33/h7-11,13,15-21,26,30,34H,12,14H2,1-6H3. The van der Waals surface area contributed by atoms with Crippen LogP contribution in [0.4, 0.5) is 8.78 Å². The molecular formula is C31H38F2O2Si. The third-order valence-electron chi connectivity index (χ3n) is 8.18. The number of aryl methyl sites for hydroxylation is 1. The van der Waals surface area contributed by atoms with Crippen LogP contribution in [0.15, 0.2) is 60.7 Å². The van der Waals surface area contributed by atoms with Gasteiger partial charge in [0.05, 0.1) is 0 Å². The first-order chi connectivity index (χ1) is 17.1. The maximum absolute atomic E-state index is 15.2. The summed E-state index contributed by atoms with van der Waals surface area (Å²) in [7, 11) is -2.13. The first-order valence-electron chi connectivity index (χ1n) is 13.1. The van der Waals surface area contributed by atoms with Crippen LogP contribution in [0, 0.1) is 11.6 Å². The second-order valence-electron chi connectivity index (χ2n) is 11.1. The zero-order chi connectivity index (χ0) is 26.2. The molecule has 0 bridgehead atoms. The van der Waals surface area contributed by atoms with Crippen molar-refractivity contribution in [3.63, 3.8) is 0 Å². The van der Waals surface area contributed by atoms with E-state index in [0.29, 0.717) is 16.6 Å². The van der Waals surface area contributed by atoms with Crippen LogP contribution >= 0.6 is 0 Å². The number of phenolic OH excluding ortho intramolecular Hbond substituents is 1. The van der Waals surface area contributed by atoms with Crippen LogP contribution in [0.3, 0.4) is 0 Å². The van der Waals surface area contributed by atoms with Gasteiger partial charge in [-0.05, 0) is 64.2 Å². The summed E-state index contributed by atoms with van der Waals surface area (Å²) in [5, 5.41) is 9.78. The number of hydrogen-bond acceptors (Lipinski definition) is 2. The normalized spacial score (nSPS) is 18.1. The summed E-state index contributed by atoms with van der Waals surface area (Å²) in [5.41, 5.74) is 4.43. The van der Waals surface area contributed by atoms with Crippen molar-refractivity contribution in [3.05, 3.63) is 94.6 Å². The fourth-order valence-corrected chi connectivity index (χ4v) is 11.9. The molecule has 192 valence electrons. The number of fused-ring (bicyclic) bond motifs is 1. The number of phenols is 1. The van der Waals surface area contributed by atoms with Gasteiger partial charge in [0.25, 0.3) is 8.32 Å². The van der Waals surface area contributed by atoms with Crippen LogP contribution in [0.1, 0.15) is 82.1 Å². The van der Waals surface area contributed by atoms with Crippen molar-refractivity contribution in [2.24, 2.45) is 0 Å². The van der Waals surface area contributed by atoms with E-state index >= 15 is 8.78 Å². The summed E-state index contributed by atoms with van der Waals surface area (Å²) in [6.45, 7) is 13.6. The van der Waals surface area contributed by atoms with Gasteiger partial charge in [0.1, 0.15) is 23.1 Å². The number of rotatable bonds is 7. The molecule has 2 atom stereocenters. The Kier molecular flexibility index (Phi) is 7.61. The van der Waals surface area contributed by atoms with Crippen LogP contribution in [0.2, 0.25) is 16.6 Å². The summed E-state index contributed by atoms with van der Waals surface area (Å²) in [4.78, 5) is 0. The Morgan fingerprint density at radius 3 is 1.97 bits per heavy atom. The van der Waals surface area contributed by atoms with Gasteiger partial charge in [-0.2, -0.15) is 0 Å². The zero-order valence-corrected chi connectivity index (χ0v) is 23.2. The molecule has 36 heavy (non-hydrogen) atoms. The summed E-state index contributed by atoms with van der Waals surface area (Å²) in [6, 6.07) is 18.1. The molecule has 0 heterocycles. The van der Waals surface area contributed by atoms with Crippen LogP contribution in [0.25, 0.3) is 0 Å². The van der Waals surface area contributed by atoms with Crippen LogP contribution in [-0.4, -0.2) is 13.4 Å². The van der Waals surface area contributed by atoms with Crippen molar-refractivity contribution in [2.75, 3.05) is 0 Å². The molecule has 0 saturated carbocycles. The van der Waals surface area contributed by atoms with Crippen LogP contribution < -0.4 is 4.43 Å². The molecule has 0 radical (unpaired) electrons. The summed E-state index contributed by atoms with van der Waals surface area (Å²) in [5.74, 6) is -1.53. The molecule has 0 spiro atoms. The second kappa shape index (κ2) is 10.4. The minimum Gasteiger partial charge on any atom is -0.543 e. The van der Waals surface area contributed by atoms with Crippen molar-refractivity contribution < 1.29 is 18.3 Å². The molecule has 2 unspecified atom stereocenters. The lowest BCUT2D eigenvalue weighted by Gasteiger charge is -2.42. The third kappa shape index (κ3) is 4.70. The van der Waals surface area contributed by atoms with Crippen molar-refractivity contribution >= 4 is 8.32 Å². The summed E-state index contributed by atoms with van der Waals surface area (Å²) in [6.07, 6.45) is 1.58. The number of benzene rings is 3. The van der Waals surface area contributed by atoms with E-state index in [9.17, 15) is 5.11 Å². The number of aromatic hydroxyl groups is 1. The summed E-state index contributed by atoms with van der Waals surface area (Å²) < 4.78 is 37.4. The molecule has 3 aromatic rings. The van der Waals surface area contributed by atoms with E-state index in [-0.39, 0.29) is 11.5 Å². The van der Waals surface area contributed by atoms with Crippen molar-refractivity contribution in [2.45, 2.75) is 82.8 Å². The first-order valence-corrected chi connectivity index (χ1v) is 15.2. The Balaban J connectivity index is 1.83. The highest BCUT2D eigenvalue weighted by Crippen LogP contribution is 2.49. The van der Waals surface area contributed by atoms with Gasteiger partial charge in [-0.15, -0.1) is 0 Å². The molecule has 1 aliphatic rings. The average molecular weight is 509 g/mol. The Labute approximate surface area is 215 Å². The molecule has 0 aromatic heterocycles. The van der Waals surface area contributed by atoms with Gasteiger partial charge in [0.15, 0.2) is 0 Å². The van der Waals surface area contributed by atoms with Crippen molar-refractivity contribution in [3.8, 4) is 11.5 Å². The SMILES string of the molecule is CC(C)[Si](Oc1ccc2c(c1)CCC(c1ccccc1)C2c1c(F)cc(O)cc1F)(C(C)C)C(C)C. The number of hydrogen-bond donors (Lipinski definition) is 1. The van der Waals surface area contributed by atoms with Gasteiger partial charge in [-0.1, -0.05) is 77.9 Å². The average Bonchev–Trinajstić information content (AvgIpc) is 2.81. The highest BCUT2D eigenvalue weighted by Gasteiger charge is 2.47. The van der Waals surface area contributed by atoms with E-state index in [1.54, 1.807) is 0 Å². The molecule has 0 amide bonds. The molecule has 1 N–H and O–H groups in total. The lowest BCUT2D eigenvalue weighted by atomic mass is 9.69. The molecular weight excluding hydrogens is 470 g/mol. The van der Waals surface area contributed by atoms with E-state index in [1.807, 2.05) is 42.5 Å². The van der Waals surface area contributed by atoms with Gasteiger partial charge in [0.2, 0.25) is 0 Å². The topological polar surface area (TPSA) is 29.5 Å². The maximum atomic E-state index is 15.2. The third-order valence-corrected chi connectivity index (χ3v) is 14.2. The van der Waals surface area contributed by atoms with Gasteiger partial charge < -0.3 is 9.53 Å². The van der Waals surface area contributed by atoms with E-state index in [4.69, 9.17) is 4.43 Å².